The highest BCUT2D eigenvalue weighted by Gasteiger charge is 2.67. The molecule has 21 heavy (non-hydrogen) atoms. The average Bonchev–Trinajstić information content (AvgIpc) is 3.07. The number of hydrogen-bond donors (Lipinski definition) is 0. The van der Waals surface area contributed by atoms with Crippen molar-refractivity contribution in [1.82, 2.24) is 0 Å². The molecule has 1 aliphatic carbocycles. The predicted molar refractivity (Wildman–Crippen MR) is 77.5 cm³/mol. The Labute approximate surface area is 121 Å². The van der Waals surface area contributed by atoms with Crippen molar-refractivity contribution in [3.8, 4) is 0 Å². The van der Waals surface area contributed by atoms with E-state index in [0.29, 0.717) is 11.1 Å². The van der Waals surface area contributed by atoms with Gasteiger partial charge in [-0.2, -0.15) is 0 Å². The van der Waals surface area contributed by atoms with Gasteiger partial charge in [0.1, 0.15) is 0 Å². The molecule has 2 aromatic carbocycles. The Balaban J connectivity index is 1.74. The summed E-state index contributed by atoms with van der Waals surface area (Å²) in [4.78, 5) is 11.9. The summed E-state index contributed by atoms with van der Waals surface area (Å²) in [6.45, 7) is 0. The van der Waals surface area contributed by atoms with Crippen molar-refractivity contribution in [2.45, 2.75) is 11.8 Å². The number of alkyl halides is 2. The fraction of sp³-hybridized carbons (Fsp3) is 0.167. The lowest BCUT2D eigenvalue weighted by Crippen LogP contribution is -1.95. The van der Waals surface area contributed by atoms with E-state index < -0.39 is 17.8 Å². The first-order chi connectivity index (χ1) is 10.1. The zero-order valence-electron chi connectivity index (χ0n) is 11.2. The van der Waals surface area contributed by atoms with Gasteiger partial charge in [-0.1, -0.05) is 66.7 Å². The third-order valence-corrected chi connectivity index (χ3v) is 3.78. The molecular formula is C18H14F2O. The Morgan fingerprint density at radius 3 is 2.14 bits per heavy atom. The lowest BCUT2D eigenvalue weighted by molar-refractivity contribution is 0.100. The monoisotopic (exact) mass is 284 g/mol. The molecule has 0 saturated heterocycles. The molecule has 0 spiro atoms. The predicted octanol–water partition coefficient (Wildman–Crippen LogP) is 4.47. The van der Waals surface area contributed by atoms with E-state index in [1.54, 1.807) is 60.7 Å². The van der Waals surface area contributed by atoms with Crippen LogP contribution in [-0.4, -0.2) is 11.7 Å². The molecule has 0 aromatic heterocycles. The van der Waals surface area contributed by atoms with Crippen LogP contribution in [0, 0.1) is 5.92 Å². The summed E-state index contributed by atoms with van der Waals surface area (Å²) in [5.74, 6) is -4.73. The van der Waals surface area contributed by atoms with Gasteiger partial charge in [0, 0.05) is 5.56 Å². The van der Waals surface area contributed by atoms with Gasteiger partial charge in [0.05, 0.1) is 11.8 Å². The van der Waals surface area contributed by atoms with Crippen LogP contribution >= 0.6 is 0 Å². The van der Waals surface area contributed by atoms with Crippen LogP contribution in [0.3, 0.4) is 0 Å². The molecule has 0 N–H and O–H groups in total. The van der Waals surface area contributed by atoms with Gasteiger partial charge in [0.15, 0.2) is 5.78 Å². The molecule has 1 saturated carbocycles. The zero-order valence-corrected chi connectivity index (χ0v) is 11.2. The number of ketones is 1. The van der Waals surface area contributed by atoms with E-state index >= 15 is 0 Å². The maximum absolute atomic E-state index is 13.8. The van der Waals surface area contributed by atoms with E-state index in [9.17, 15) is 13.6 Å². The van der Waals surface area contributed by atoms with Crippen LogP contribution in [0.1, 0.15) is 21.8 Å². The molecule has 2 aromatic rings. The number of rotatable bonds is 4. The number of carbonyl (C=O) groups excluding carboxylic acids is 1. The second kappa shape index (κ2) is 5.24. The minimum atomic E-state index is -2.77. The van der Waals surface area contributed by atoms with Crippen LogP contribution in [0.15, 0.2) is 72.8 Å². The quantitative estimate of drug-likeness (QED) is 0.598. The third kappa shape index (κ3) is 2.64. The Morgan fingerprint density at radius 2 is 1.52 bits per heavy atom. The molecule has 3 rings (SSSR count). The summed E-state index contributed by atoms with van der Waals surface area (Å²) in [5, 5.41) is 0. The van der Waals surface area contributed by atoms with E-state index in [-0.39, 0.29) is 5.78 Å². The maximum Gasteiger partial charge on any atom is 0.262 e. The molecule has 1 fully saturated rings. The van der Waals surface area contributed by atoms with Crippen LogP contribution in [0.4, 0.5) is 8.78 Å². The Hall–Kier alpha value is -2.29. The van der Waals surface area contributed by atoms with E-state index in [0.717, 1.165) is 0 Å². The first kappa shape index (κ1) is 13.7. The van der Waals surface area contributed by atoms with Gasteiger partial charge in [-0.25, -0.2) is 8.78 Å². The summed E-state index contributed by atoms with van der Waals surface area (Å²) < 4.78 is 27.7. The lowest BCUT2D eigenvalue weighted by Gasteiger charge is -1.96. The second-order valence-electron chi connectivity index (χ2n) is 5.18. The fourth-order valence-corrected chi connectivity index (χ4v) is 2.57. The number of benzene rings is 2. The zero-order chi connectivity index (χ0) is 14.9. The lowest BCUT2D eigenvalue weighted by atomic mass is 10.1. The van der Waals surface area contributed by atoms with Crippen molar-refractivity contribution >= 4 is 5.78 Å². The fourth-order valence-electron chi connectivity index (χ4n) is 2.57. The summed E-state index contributed by atoms with van der Waals surface area (Å²) in [7, 11) is 0. The maximum atomic E-state index is 13.8. The van der Waals surface area contributed by atoms with Gasteiger partial charge < -0.3 is 0 Å². The smallest absolute Gasteiger partial charge is 0.262 e. The first-order valence-electron chi connectivity index (χ1n) is 6.81. The Kier molecular flexibility index (Phi) is 3.42. The summed E-state index contributed by atoms with van der Waals surface area (Å²) in [6.07, 6.45) is 2.60. The van der Waals surface area contributed by atoms with Gasteiger partial charge >= 0.3 is 0 Å². The summed E-state index contributed by atoms with van der Waals surface area (Å²) in [5.41, 5.74) is 1.12. The highest BCUT2D eigenvalue weighted by Crippen LogP contribution is 2.62. The third-order valence-electron chi connectivity index (χ3n) is 3.78. The molecule has 2 unspecified atom stereocenters. The average molecular weight is 284 g/mol. The van der Waals surface area contributed by atoms with E-state index in [2.05, 4.69) is 0 Å². The molecule has 0 amide bonds. The van der Waals surface area contributed by atoms with E-state index in [1.165, 1.54) is 12.2 Å². The standard InChI is InChI=1S/C18H14F2O/c19-18(20)15(17(18)14-9-5-2-6-10-14)11-12-16(21)13-7-3-1-4-8-13/h1-12,15,17H/b12-11+. The van der Waals surface area contributed by atoms with Gasteiger partial charge in [-0.3, -0.25) is 4.79 Å². The molecular weight excluding hydrogens is 270 g/mol. The Bertz CT molecular complexity index is 662. The summed E-state index contributed by atoms with van der Waals surface area (Å²) >= 11 is 0. The number of halogens is 2. The van der Waals surface area contributed by atoms with E-state index in [1.807, 2.05) is 0 Å². The Morgan fingerprint density at radius 1 is 0.952 bits per heavy atom. The molecule has 106 valence electrons. The number of carbonyl (C=O) groups is 1. The van der Waals surface area contributed by atoms with Crippen molar-refractivity contribution in [2.75, 3.05) is 0 Å². The van der Waals surface area contributed by atoms with Crippen molar-refractivity contribution in [1.29, 1.82) is 0 Å². The second-order valence-corrected chi connectivity index (χ2v) is 5.18. The highest BCUT2D eigenvalue weighted by atomic mass is 19.3. The van der Waals surface area contributed by atoms with Crippen molar-refractivity contribution < 1.29 is 13.6 Å². The van der Waals surface area contributed by atoms with Crippen molar-refractivity contribution in [3.05, 3.63) is 83.9 Å². The minimum Gasteiger partial charge on any atom is -0.289 e. The molecule has 1 aliphatic rings. The number of allylic oxidation sites excluding steroid dienone is 2. The van der Waals surface area contributed by atoms with Gasteiger partial charge in [0.25, 0.3) is 5.92 Å². The first-order valence-corrected chi connectivity index (χ1v) is 6.81. The van der Waals surface area contributed by atoms with Crippen molar-refractivity contribution in [2.24, 2.45) is 5.92 Å². The van der Waals surface area contributed by atoms with Gasteiger partial charge in [-0.05, 0) is 11.6 Å². The SMILES string of the molecule is O=C(/C=C/C1C(c2ccccc2)C1(F)F)c1ccccc1. The molecule has 0 bridgehead atoms. The van der Waals surface area contributed by atoms with Crippen LogP contribution in [-0.2, 0) is 0 Å². The topological polar surface area (TPSA) is 17.1 Å². The normalized spacial score (nSPS) is 23.1. The largest absolute Gasteiger partial charge is 0.289 e. The molecule has 0 aliphatic heterocycles. The van der Waals surface area contributed by atoms with Gasteiger partial charge in [-0.15, -0.1) is 0 Å². The molecule has 0 heterocycles. The van der Waals surface area contributed by atoms with Crippen LogP contribution in [0.25, 0.3) is 0 Å². The van der Waals surface area contributed by atoms with Gasteiger partial charge in [0.2, 0.25) is 0 Å². The molecule has 2 atom stereocenters. The minimum absolute atomic E-state index is 0.245. The van der Waals surface area contributed by atoms with Crippen LogP contribution in [0.5, 0.6) is 0 Å². The summed E-state index contributed by atoms with van der Waals surface area (Å²) in [6, 6.07) is 17.4. The van der Waals surface area contributed by atoms with E-state index in [4.69, 9.17) is 0 Å². The molecule has 0 radical (unpaired) electrons. The van der Waals surface area contributed by atoms with Crippen LogP contribution < -0.4 is 0 Å². The molecule has 3 heteroatoms. The van der Waals surface area contributed by atoms with Crippen LogP contribution in [0.2, 0.25) is 0 Å². The molecule has 1 nitrogen and oxygen atoms in total. The van der Waals surface area contributed by atoms with Crippen molar-refractivity contribution in [3.63, 3.8) is 0 Å². The number of hydrogen-bond acceptors (Lipinski definition) is 1. The highest BCUT2D eigenvalue weighted by molar-refractivity contribution is 6.04.